The molecule has 0 aliphatic rings. The summed E-state index contributed by atoms with van der Waals surface area (Å²) in [5.74, 6) is -0.00282. The second kappa shape index (κ2) is 5.66. The van der Waals surface area contributed by atoms with Crippen LogP contribution in [-0.4, -0.2) is 26.2 Å². The molecule has 0 saturated heterocycles. The fourth-order valence-electron chi connectivity index (χ4n) is 1.79. The molecule has 0 radical (unpaired) electrons. The molecule has 0 saturated carbocycles. The Kier molecular flexibility index (Phi) is 4.50. The smallest absolute Gasteiger partial charge is 0.252 e. The van der Waals surface area contributed by atoms with E-state index in [9.17, 15) is 4.79 Å². The third kappa shape index (κ3) is 2.83. The van der Waals surface area contributed by atoms with Crippen molar-refractivity contribution in [1.82, 2.24) is 0 Å². The minimum Gasteiger partial charge on any atom is -0.375 e. The summed E-state index contributed by atoms with van der Waals surface area (Å²) in [5.41, 5.74) is 3.29. The van der Waals surface area contributed by atoms with Crippen LogP contribution in [0.1, 0.15) is 18.1 Å². The van der Waals surface area contributed by atoms with E-state index in [1.165, 1.54) is 12.7 Å². The topological polar surface area (TPSA) is 29.5 Å². The van der Waals surface area contributed by atoms with Crippen molar-refractivity contribution in [2.45, 2.75) is 20.8 Å². The number of benzene rings is 1. The first kappa shape index (κ1) is 12.7. The van der Waals surface area contributed by atoms with Gasteiger partial charge in [-0.15, -0.1) is 0 Å². The molecule has 0 heterocycles. The Bertz CT molecular complexity index is 374. The SMILES string of the molecule is CCN(C(=O)COC)c1ccc(C)cc1C. The van der Waals surface area contributed by atoms with Crippen LogP contribution in [0.5, 0.6) is 0 Å². The second-order valence-electron chi connectivity index (χ2n) is 3.86. The number of methoxy groups -OCH3 is 1. The van der Waals surface area contributed by atoms with Gasteiger partial charge in [0.15, 0.2) is 0 Å². The van der Waals surface area contributed by atoms with E-state index in [-0.39, 0.29) is 12.5 Å². The molecule has 3 nitrogen and oxygen atoms in total. The van der Waals surface area contributed by atoms with Gasteiger partial charge in [0, 0.05) is 19.3 Å². The molecule has 88 valence electrons. The maximum absolute atomic E-state index is 11.8. The third-order valence-electron chi connectivity index (χ3n) is 2.53. The van der Waals surface area contributed by atoms with Crippen LogP contribution in [0.15, 0.2) is 18.2 Å². The molecule has 0 aliphatic heterocycles. The number of hydrogen-bond acceptors (Lipinski definition) is 2. The van der Waals surface area contributed by atoms with Gasteiger partial charge in [0.1, 0.15) is 6.61 Å². The van der Waals surface area contributed by atoms with Crippen LogP contribution in [0.3, 0.4) is 0 Å². The van der Waals surface area contributed by atoms with Gasteiger partial charge in [-0.05, 0) is 32.4 Å². The molecule has 0 spiro atoms. The van der Waals surface area contributed by atoms with Crippen molar-refractivity contribution in [3.63, 3.8) is 0 Å². The van der Waals surface area contributed by atoms with E-state index >= 15 is 0 Å². The maximum Gasteiger partial charge on any atom is 0.252 e. The van der Waals surface area contributed by atoms with Gasteiger partial charge in [-0.25, -0.2) is 0 Å². The van der Waals surface area contributed by atoms with E-state index in [1.54, 1.807) is 4.90 Å². The first-order valence-corrected chi connectivity index (χ1v) is 5.46. The van der Waals surface area contributed by atoms with Gasteiger partial charge < -0.3 is 9.64 Å². The molecule has 3 heteroatoms. The van der Waals surface area contributed by atoms with Gasteiger partial charge in [-0.3, -0.25) is 4.79 Å². The lowest BCUT2D eigenvalue weighted by Crippen LogP contribution is -2.34. The normalized spacial score (nSPS) is 10.2. The molecule has 0 N–H and O–H groups in total. The number of anilines is 1. The maximum atomic E-state index is 11.8. The Hall–Kier alpha value is -1.35. The number of ether oxygens (including phenoxy) is 1. The minimum atomic E-state index is -0.00282. The first-order valence-electron chi connectivity index (χ1n) is 5.46. The summed E-state index contributed by atoms with van der Waals surface area (Å²) in [6.45, 7) is 6.81. The highest BCUT2D eigenvalue weighted by molar-refractivity contribution is 5.94. The molecule has 0 atom stereocenters. The number of carbonyl (C=O) groups is 1. The summed E-state index contributed by atoms with van der Waals surface area (Å²) < 4.78 is 4.88. The average Bonchev–Trinajstić information content (AvgIpc) is 2.22. The number of carbonyl (C=O) groups excluding carboxylic acids is 1. The van der Waals surface area contributed by atoms with Crippen molar-refractivity contribution >= 4 is 11.6 Å². The zero-order chi connectivity index (χ0) is 12.1. The molecule has 16 heavy (non-hydrogen) atoms. The Morgan fingerprint density at radius 3 is 2.56 bits per heavy atom. The van der Waals surface area contributed by atoms with Crippen LogP contribution < -0.4 is 4.90 Å². The summed E-state index contributed by atoms with van der Waals surface area (Å²) in [7, 11) is 1.54. The van der Waals surface area contributed by atoms with E-state index in [0.29, 0.717) is 6.54 Å². The summed E-state index contributed by atoms with van der Waals surface area (Å²) in [6, 6.07) is 6.09. The van der Waals surface area contributed by atoms with Gasteiger partial charge in [-0.2, -0.15) is 0 Å². The number of nitrogens with zero attached hydrogens (tertiary/aromatic N) is 1. The Balaban J connectivity index is 2.99. The molecule has 0 fully saturated rings. The van der Waals surface area contributed by atoms with Crippen LogP contribution >= 0.6 is 0 Å². The van der Waals surface area contributed by atoms with Crippen LogP contribution in [0, 0.1) is 13.8 Å². The monoisotopic (exact) mass is 221 g/mol. The number of likely N-dealkylation sites (N-methyl/N-ethyl adjacent to an activating group) is 1. The van der Waals surface area contributed by atoms with E-state index in [0.717, 1.165) is 11.3 Å². The summed E-state index contributed by atoms with van der Waals surface area (Å²) in [6.07, 6.45) is 0. The predicted octanol–water partition coefficient (Wildman–Crippen LogP) is 2.30. The lowest BCUT2D eigenvalue weighted by molar-refractivity contribution is -0.122. The number of rotatable bonds is 4. The summed E-state index contributed by atoms with van der Waals surface area (Å²) in [4.78, 5) is 13.6. The zero-order valence-corrected chi connectivity index (χ0v) is 10.4. The number of hydrogen-bond donors (Lipinski definition) is 0. The fraction of sp³-hybridized carbons (Fsp3) is 0.462. The highest BCUT2D eigenvalue weighted by Gasteiger charge is 2.15. The molecular formula is C13H19NO2. The molecule has 1 aromatic carbocycles. The molecule has 0 aromatic heterocycles. The summed E-state index contributed by atoms with van der Waals surface area (Å²) in [5, 5.41) is 0. The molecule has 0 bridgehead atoms. The Labute approximate surface area is 97.0 Å². The van der Waals surface area contributed by atoms with Crippen molar-refractivity contribution in [3.8, 4) is 0 Å². The van der Waals surface area contributed by atoms with Crippen LogP contribution in [-0.2, 0) is 9.53 Å². The molecule has 1 rings (SSSR count). The predicted molar refractivity (Wildman–Crippen MR) is 65.8 cm³/mol. The average molecular weight is 221 g/mol. The molecule has 1 aromatic rings. The summed E-state index contributed by atoms with van der Waals surface area (Å²) >= 11 is 0. The molecular weight excluding hydrogens is 202 g/mol. The minimum absolute atomic E-state index is 0.00282. The fourth-order valence-corrected chi connectivity index (χ4v) is 1.79. The van der Waals surface area contributed by atoms with Gasteiger partial charge in [0.2, 0.25) is 0 Å². The molecule has 0 unspecified atom stereocenters. The van der Waals surface area contributed by atoms with Gasteiger partial charge in [0.05, 0.1) is 0 Å². The Morgan fingerprint density at radius 1 is 1.38 bits per heavy atom. The van der Waals surface area contributed by atoms with Gasteiger partial charge in [0.25, 0.3) is 5.91 Å². The van der Waals surface area contributed by atoms with Crippen molar-refractivity contribution < 1.29 is 9.53 Å². The third-order valence-corrected chi connectivity index (χ3v) is 2.53. The molecule has 0 aliphatic carbocycles. The van der Waals surface area contributed by atoms with Gasteiger partial charge >= 0.3 is 0 Å². The van der Waals surface area contributed by atoms with E-state index < -0.39 is 0 Å². The van der Waals surface area contributed by atoms with Crippen LogP contribution in [0.4, 0.5) is 5.69 Å². The van der Waals surface area contributed by atoms with Crippen molar-refractivity contribution in [3.05, 3.63) is 29.3 Å². The van der Waals surface area contributed by atoms with Crippen molar-refractivity contribution in [1.29, 1.82) is 0 Å². The number of amides is 1. The quantitative estimate of drug-likeness (QED) is 0.780. The number of aryl methyl sites for hydroxylation is 2. The van der Waals surface area contributed by atoms with E-state index in [1.807, 2.05) is 32.9 Å². The van der Waals surface area contributed by atoms with Crippen LogP contribution in [0.25, 0.3) is 0 Å². The molecule has 1 amide bonds. The highest BCUT2D eigenvalue weighted by atomic mass is 16.5. The second-order valence-corrected chi connectivity index (χ2v) is 3.86. The largest absolute Gasteiger partial charge is 0.375 e. The first-order chi connectivity index (χ1) is 7.60. The van der Waals surface area contributed by atoms with Gasteiger partial charge in [-0.1, -0.05) is 17.7 Å². The lowest BCUT2D eigenvalue weighted by Gasteiger charge is -2.22. The Morgan fingerprint density at radius 2 is 2.06 bits per heavy atom. The zero-order valence-electron chi connectivity index (χ0n) is 10.4. The lowest BCUT2D eigenvalue weighted by atomic mass is 10.1. The van der Waals surface area contributed by atoms with E-state index in [4.69, 9.17) is 4.74 Å². The van der Waals surface area contributed by atoms with Crippen LogP contribution in [0.2, 0.25) is 0 Å². The highest BCUT2D eigenvalue weighted by Crippen LogP contribution is 2.21. The standard InChI is InChI=1S/C13H19NO2/c1-5-14(13(15)9-16-4)12-7-6-10(2)8-11(12)3/h6-8H,5,9H2,1-4H3. The van der Waals surface area contributed by atoms with Crippen molar-refractivity contribution in [2.75, 3.05) is 25.2 Å². The van der Waals surface area contributed by atoms with E-state index in [2.05, 4.69) is 6.07 Å². The van der Waals surface area contributed by atoms with Crippen molar-refractivity contribution in [2.24, 2.45) is 0 Å².